The topological polar surface area (TPSA) is 75.1 Å². The van der Waals surface area contributed by atoms with Crippen molar-refractivity contribution in [2.45, 2.75) is 46.1 Å². The highest BCUT2D eigenvalue weighted by Crippen LogP contribution is 2.35. The monoisotopic (exact) mass is 239 g/mol. The molecule has 0 spiro atoms. The van der Waals surface area contributed by atoms with E-state index in [2.05, 4.69) is 30.8 Å². The molecule has 3 atom stereocenters. The van der Waals surface area contributed by atoms with Gasteiger partial charge in [0.05, 0.1) is 0 Å². The Morgan fingerprint density at radius 1 is 1.53 bits per heavy atom. The summed E-state index contributed by atoms with van der Waals surface area (Å²) in [6.07, 6.45) is 3.22. The van der Waals surface area contributed by atoms with Gasteiger partial charge in [0.25, 0.3) is 0 Å². The molecule has 5 nitrogen and oxygen atoms in total. The number of hydrogen-bond donors (Lipinski definition) is 0. The van der Waals surface area contributed by atoms with Gasteiger partial charge >= 0.3 is 5.97 Å². The molecule has 0 aromatic heterocycles. The van der Waals surface area contributed by atoms with Crippen molar-refractivity contribution in [1.29, 1.82) is 0 Å². The fourth-order valence-electron chi connectivity index (χ4n) is 2.55. The van der Waals surface area contributed by atoms with E-state index in [4.69, 9.17) is 10.3 Å². The lowest BCUT2D eigenvalue weighted by atomic mass is 9.75. The van der Waals surface area contributed by atoms with Crippen LogP contribution in [0.4, 0.5) is 0 Å². The minimum atomic E-state index is -0.410. The van der Waals surface area contributed by atoms with Crippen molar-refractivity contribution in [3.05, 3.63) is 10.4 Å². The zero-order chi connectivity index (χ0) is 12.8. The molecule has 0 heterocycles. The van der Waals surface area contributed by atoms with Gasteiger partial charge in [-0.25, -0.2) is 0 Å². The minimum absolute atomic E-state index is 0.0138. The number of hydrogen-bond acceptors (Lipinski definition) is 3. The SMILES string of the molecule is CC(C)[C@@H]1CC[C@@H](C)C[C@H]1OC(=O)CN=[N+]=[N-]. The Balaban J connectivity index is 2.57. The second-order valence-corrected chi connectivity index (χ2v) is 5.24. The van der Waals surface area contributed by atoms with Gasteiger partial charge in [-0.15, -0.1) is 0 Å². The van der Waals surface area contributed by atoms with E-state index in [9.17, 15) is 4.79 Å². The number of nitrogens with zero attached hydrogens (tertiary/aromatic N) is 3. The summed E-state index contributed by atoms with van der Waals surface area (Å²) in [6.45, 7) is 6.31. The lowest BCUT2D eigenvalue weighted by Crippen LogP contribution is -2.36. The molecule has 0 radical (unpaired) electrons. The van der Waals surface area contributed by atoms with Crippen molar-refractivity contribution < 1.29 is 9.53 Å². The third-order valence-corrected chi connectivity index (χ3v) is 3.51. The number of carbonyl (C=O) groups excluding carboxylic acids is 1. The fourth-order valence-corrected chi connectivity index (χ4v) is 2.55. The minimum Gasteiger partial charge on any atom is -0.462 e. The van der Waals surface area contributed by atoms with E-state index in [1.54, 1.807) is 0 Å². The molecular formula is C12H21N3O2. The van der Waals surface area contributed by atoms with Crippen LogP contribution in [-0.2, 0) is 9.53 Å². The van der Waals surface area contributed by atoms with E-state index < -0.39 is 5.97 Å². The molecule has 1 aliphatic rings. The predicted molar refractivity (Wildman–Crippen MR) is 65.2 cm³/mol. The van der Waals surface area contributed by atoms with Gasteiger partial charge in [0.2, 0.25) is 0 Å². The smallest absolute Gasteiger partial charge is 0.311 e. The van der Waals surface area contributed by atoms with Crippen LogP contribution in [0.1, 0.15) is 40.0 Å². The Hall–Kier alpha value is -1.22. The Labute approximate surface area is 102 Å². The lowest BCUT2D eigenvalue weighted by Gasteiger charge is -2.36. The Morgan fingerprint density at radius 2 is 2.24 bits per heavy atom. The van der Waals surface area contributed by atoms with Crippen molar-refractivity contribution in [3.63, 3.8) is 0 Å². The van der Waals surface area contributed by atoms with E-state index in [0.717, 1.165) is 12.8 Å². The van der Waals surface area contributed by atoms with Crippen LogP contribution in [0.3, 0.4) is 0 Å². The molecule has 0 bridgehead atoms. The number of rotatable bonds is 4. The van der Waals surface area contributed by atoms with E-state index in [0.29, 0.717) is 17.8 Å². The molecule has 17 heavy (non-hydrogen) atoms. The second kappa shape index (κ2) is 6.50. The van der Waals surface area contributed by atoms with Gasteiger partial charge < -0.3 is 4.74 Å². The van der Waals surface area contributed by atoms with Crippen molar-refractivity contribution in [2.24, 2.45) is 22.9 Å². The quantitative estimate of drug-likeness (QED) is 0.326. The zero-order valence-corrected chi connectivity index (χ0v) is 10.8. The molecule has 96 valence electrons. The zero-order valence-electron chi connectivity index (χ0n) is 10.8. The van der Waals surface area contributed by atoms with Gasteiger partial charge in [-0.1, -0.05) is 32.3 Å². The third-order valence-electron chi connectivity index (χ3n) is 3.51. The first kappa shape index (κ1) is 13.8. The molecule has 0 saturated heterocycles. The standard InChI is InChI=1S/C12H21N3O2/c1-8(2)10-5-4-9(3)6-11(10)17-12(16)7-14-15-13/h8-11H,4-7H2,1-3H3/t9-,10+,11-/m1/s1. The lowest BCUT2D eigenvalue weighted by molar-refractivity contribution is -0.154. The van der Waals surface area contributed by atoms with E-state index in [1.165, 1.54) is 6.42 Å². The molecule has 1 saturated carbocycles. The Kier molecular flexibility index (Phi) is 5.29. The van der Waals surface area contributed by atoms with E-state index >= 15 is 0 Å². The Bertz CT molecular complexity index is 311. The average Bonchev–Trinajstić information content (AvgIpc) is 2.26. The van der Waals surface area contributed by atoms with Crippen molar-refractivity contribution in [3.8, 4) is 0 Å². The van der Waals surface area contributed by atoms with Crippen LogP contribution in [0.5, 0.6) is 0 Å². The van der Waals surface area contributed by atoms with Crippen LogP contribution in [-0.4, -0.2) is 18.6 Å². The molecule has 5 heteroatoms. The largest absolute Gasteiger partial charge is 0.462 e. The van der Waals surface area contributed by atoms with Gasteiger partial charge in [-0.3, -0.25) is 4.79 Å². The number of azide groups is 1. The number of ether oxygens (including phenoxy) is 1. The van der Waals surface area contributed by atoms with Gasteiger partial charge in [-0.05, 0) is 36.1 Å². The molecule has 0 aromatic carbocycles. The highest BCUT2D eigenvalue weighted by molar-refractivity contribution is 5.72. The van der Waals surface area contributed by atoms with Crippen molar-refractivity contribution in [2.75, 3.05) is 6.54 Å². The van der Waals surface area contributed by atoms with Crippen LogP contribution in [0.25, 0.3) is 10.4 Å². The number of carbonyl (C=O) groups is 1. The molecule has 0 unspecified atom stereocenters. The average molecular weight is 239 g/mol. The molecule has 0 N–H and O–H groups in total. The summed E-state index contributed by atoms with van der Waals surface area (Å²) in [4.78, 5) is 14.0. The van der Waals surface area contributed by atoms with Crippen LogP contribution in [0.2, 0.25) is 0 Å². The maximum atomic E-state index is 11.5. The number of esters is 1. The summed E-state index contributed by atoms with van der Waals surface area (Å²) in [5, 5.41) is 3.23. The summed E-state index contributed by atoms with van der Waals surface area (Å²) in [6, 6.07) is 0. The van der Waals surface area contributed by atoms with E-state index in [-0.39, 0.29) is 12.6 Å². The molecule has 1 rings (SSSR count). The third kappa shape index (κ3) is 4.27. The predicted octanol–water partition coefficient (Wildman–Crippen LogP) is 3.30. The maximum absolute atomic E-state index is 11.5. The van der Waals surface area contributed by atoms with Crippen LogP contribution < -0.4 is 0 Å². The summed E-state index contributed by atoms with van der Waals surface area (Å²) >= 11 is 0. The first-order valence-corrected chi connectivity index (χ1v) is 6.25. The van der Waals surface area contributed by atoms with Gasteiger partial charge in [0.1, 0.15) is 12.6 Å². The van der Waals surface area contributed by atoms with Gasteiger partial charge in [0.15, 0.2) is 0 Å². The van der Waals surface area contributed by atoms with Crippen molar-refractivity contribution in [1.82, 2.24) is 0 Å². The van der Waals surface area contributed by atoms with E-state index in [1.807, 2.05) is 0 Å². The normalized spacial score (nSPS) is 28.6. The molecular weight excluding hydrogens is 218 g/mol. The summed E-state index contributed by atoms with van der Waals surface area (Å²) < 4.78 is 5.43. The maximum Gasteiger partial charge on any atom is 0.311 e. The molecule has 0 aromatic rings. The first-order chi connectivity index (χ1) is 8.04. The highest BCUT2D eigenvalue weighted by Gasteiger charge is 2.33. The first-order valence-electron chi connectivity index (χ1n) is 6.25. The van der Waals surface area contributed by atoms with Gasteiger partial charge in [0, 0.05) is 4.91 Å². The summed E-state index contributed by atoms with van der Waals surface area (Å²) in [5.74, 6) is 1.14. The van der Waals surface area contributed by atoms with Crippen LogP contribution in [0.15, 0.2) is 5.11 Å². The fraction of sp³-hybridized carbons (Fsp3) is 0.917. The van der Waals surface area contributed by atoms with Crippen molar-refractivity contribution >= 4 is 5.97 Å². The molecule has 0 amide bonds. The molecule has 1 fully saturated rings. The summed E-state index contributed by atoms with van der Waals surface area (Å²) in [7, 11) is 0. The van der Waals surface area contributed by atoms with Crippen LogP contribution >= 0.6 is 0 Å². The molecule has 0 aliphatic heterocycles. The van der Waals surface area contributed by atoms with Gasteiger partial charge in [-0.2, -0.15) is 0 Å². The summed E-state index contributed by atoms with van der Waals surface area (Å²) in [5.41, 5.74) is 8.15. The Morgan fingerprint density at radius 3 is 2.82 bits per heavy atom. The molecule has 1 aliphatic carbocycles. The van der Waals surface area contributed by atoms with Crippen LogP contribution in [0, 0.1) is 17.8 Å². The second-order valence-electron chi connectivity index (χ2n) is 5.24. The highest BCUT2D eigenvalue weighted by atomic mass is 16.5.